The van der Waals surface area contributed by atoms with Crippen LogP contribution >= 0.6 is 24.8 Å². The third-order valence-corrected chi connectivity index (χ3v) is 3.73. The van der Waals surface area contributed by atoms with Gasteiger partial charge >= 0.3 is 0 Å². The Bertz CT molecular complexity index is 942. The molecule has 8 N–H and O–H groups in total. The van der Waals surface area contributed by atoms with Crippen molar-refractivity contribution in [1.29, 1.82) is 0 Å². The van der Waals surface area contributed by atoms with Crippen LogP contribution in [0.25, 0.3) is 0 Å². The summed E-state index contributed by atoms with van der Waals surface area (Å²) in [6.45, 7) is 0.545. The highest BCUT2D eigenvalue weighted by molar-refractivity contribution is 5.86. The van der Waals surface area contributed by atoms with Crippen molar-refractivity contribution < 1.29 is 18.9 Å². The second-order valence-corrected chi connectivity index (χ2v) is 6.06. The van der Waals surface area contributed by atoms with Gasteiger partial charge in [-0.25, -0.2) is 0 Å². The van der Waals surface area contributed by atoms with Gasteiger partial charge in [0.2, 0.25) is 11.9 Å². The number of nitrogens with two attached hydrogens (primary N) is 4. The van der Waals surface area contributed by atoms with Crippen LogP contribution < -0.4 is 41.9 Å². The van der Waals surface area contributed by atoms with Crippen LogP contribution in [0.1, 0.15) is 11.1 Å². The van der Waals surface area contributed by atoms with E-state index < -0.39 is 0 Å². The van der Waals surface area contributed by atoms with Crippen LogP contribution in [0.3, 0.4) is 0 Å². The largest absolute Gasteiger partial charge is 0.493 e. The predicted molar refractivity (Wildman–Crippen MR) is 138 cm³/mol. The molecular weight excluding hydrogens is 487 g/mol. The Balaban J connectivity index is 0.00000544. The maximum absolute atomic E-state index is 5.76. The summed E-state index contributed by atoms with van der Waals surface area (Å²) < 4.78 is 22.2. The molecule has 0 aromatic heterocycles. The van der Waals surface area contributed by atoms with Crippen molar-refractivity contribution in [3.63, 3.8) is 0 Å². The van der Waals surface area contributed by atoms with Gasteiger partial charge in [-0.1, -0.05) is 0 Å². The molecule has 2 aromatic carbocycles. The van der Waals surface area contributed by atoms with Crippen LogP contribution in [0, 0.1) is 0 Å². The fourth-order valence-corrected chi connectivity index (χ4v) is 2.40. The quantitative estimate of drug-likeness (QED) is 0.149. The summed E-state index contributed by atoms with van der Waals surface area (Å²) in [6, 6.07) is 10.6. The lowest BCUT2D eigenvalue weighted by Crippen LogP contribution is -2.21. The zero-order chi connectivity index (χ0) is 23.3. The lowest BCUT2D eigenvalue weighted by Gasteiger charge is -2.13. The summed E-state index contributed by atoms with van der Waals surface area (Å²) >= 11 is 0. The summed E-state index contributed by atoms with van der Waals surface area (Å²) in [6.07, 6.45) is 2.99. The average molecular weight is 515 g/mol. The topological polar surface area (TPSA) is 190 Å². The number of nitrogens with zero attached hydrogens (tertiary/aromatic N) is 4. The minimum Gasteiger partial charge on any atom is -0.493 e. The molecule has 0 aliphatic heterocycles. The summed E-state index contributed by atoms with van der Waals surface area (Å²) in [5.41, 5.74) is 22.4. The molecular formula is C20H28Cl2N8O4. The molecule has 34 heavy (non-hydrogen) atoms. The van der Waals surface area contributed by atoms with Crippen LogP contribution in [0.2, 0.25) is 0 Å². The normalized spacial score (nSPS) is 10.1. The molecule has 0 aliphatic rings. The molecule has 2 rings (SSSR count). The molecule has 0 saturated carbocycles. The number of hydrogen-bond acceptors (Lipinski definition) is 8. The minimum absolute atomic E-state index is 0. The first-order valence-corrected chi connectivity index (χ1v) is 9.28. The fraction of sp³-hybridized carbons (Fsp3) is 0.200. The van der Waals surface area contributed by atoms with E-state index in [0.29, 0.717) is 23.0 Å². The van der Waals surface area contributed by atoms with E-state index in [1.54, 1.807) is 50.6 Å². The van der Waals surface area contributed by atoms with Gasteiger partial charge in [-0.2, -0.15) is 10.2 Å². The second kappa shape index (κ2) is 15.8. The van der Waals surface area contributed by atoms with E-state index in [-0.39, 0.29) is 49.9 Å². The van der Waals surface area contributed by atoms with Crippen molar-refractivity contribution in [3.05, 3.63) is 47.5 Å². The van der Waals surface area contributed by atoms with E-state index in [0.717, 1.165) is 11.1 Å². The van der Waals surface area contributed by atoms with Gasteiger partial charge in [0, 0.05) is 0 Å². The van der Waals surface area contributed by atoms with E-state index in [9.17, 15) is 0 Å². The van der Waals surface area contributed by atoms with Gasteiger partial charge < -0.3 is 41.9 Å². The maximum Gasteiger partial charge on any atom is 0.211 e. The molecule has 12 nitrogen and oxygen atoms in total. The number of halogens is 2. The highest BCUT2D eigenvalue weighted by Crippen LogP contribution is 2.29. The van der Waals surface area contributed by atoms with Crippen molar-refractivity contribution in [2.75, 3.05) is 27.4 Å². The van der Waals surface area contributed by atoms with Gasteiger partial charge in [-0.15, -0.1) is 35.0 Å². The van der Waals surface area contributed by atoms with E-state index >= 15 is 0 Å². The Labute approximate surface area is 209 Å². The molecule has 0 unspecified atom stereocenters. The second-order valence-electron chi connectivity index (χ2n) is 6.06. The van der Waals surface area contributed by atoms with Gasteiger partial charge in [0.25, 0.3) is 0 Å². The van der Waals surface area contributed by atoms with E-state index in [4.69, 9.17) is 41.9 Å². The standard InChI is InChI=1S/C20H26N8O4.2ClH/c1-29-17-9-13(11-25-27-19(21)22)3-5-15(17)31-7-8-32-16-6-4-14(10-18(16)30-2)12-26-28-20(23)24;;/h3-6,9-12H,7-8H2,1-2H3,(H4,21,22,27)(H4,23,24,28);2*1H/b25-11+,26-12+;;. The number of hydrogen-bond donors (Lipinski definition) is 4. The maximum atomic E-state index is 5.76. The van der Waals surface area contributed by atoms with Crippen molar-refractivity contribution >= 4 is 49.2 Å². The van der Waals surface area contributed by atoms with Crippen molar-refractivity contribution in [3.8, 4) is 23.0 Å². The minimum atomic E-state index is -0.126. The Morgan fingerprint density at radius 2 is 1.06 bits per heavy atom. The Morgan fingerprint density at radius 3 is 1.38 bits per heavy atom. The Kier molecular flexibility index (Phi) is 14.0. The zero-order valence-corrected chi connectivity index (χ0v) is 20.2. The average Bonchev–Trinajstić information content (AvgIpc) is 2.77. The molecule has 2 aromatic rings. The molecule has 0 radical (unpaired) electrons. The SMILES string of the molecule is COc1cc(/C=N/N=C(N)N)ccc1OCCOc1ccc(/C=N/N=C(N)N)cc1OC.Cl.Cl. The van der Waals surface area contributed by atoms with Crippen molar-refractivity contribution in [2.45, 2.75) is 0 Å². The summed E-state index contributed by atoms with van der Waals surface area (Å²) in [5, 5.41) is 14.6. The number of rotatable bonds is 11. The van der Waals surface area contributed by atoms with Gasteiger partial charge in [0.05, 0.1) is 26.6 Å². The third kappa shape index (κ3) is 10.1. The van der Waals surface area contributed by atoms with Crippen LogP contribution in [-0.4, -0.2) is 51.8 Å². The lowest BCUT2D eigenvalue weighted by atomic mass is 10.2. The molecule has 0 atom stereocenters. The molecule has 0 fully saturated rings. The fourth-order valence-electron chi connectivity index (χ4n) is 2.40. The molecule has 0 aliphatic carbocycles. The first-order valence-electron chi connectivity index (χ1n) is 9.28. The van der Waals surface area contributed by atoms with Gasteiger partial charge in [0.1, 0.15) is 13.2 Å². The Morgan fingerprint density at radius 1 is 0.676 bits per heavy atom. The van der Waals surface area contributed by atoms with Crippen LogP contribution in [-0.2, 0) is 0 Å². The highest BCUT2D eigenvalue weighted by Gasteiger charge is 2.08. The van der Waals surface area contributed by atoms with E-state index in [1.165, 1.54) is 12.4 Å². The summed E-state index contributed by atoms with van der Waals surface area (Å²) in [4.78, 5) is 0. The van der Waals surface area contributed by atoms with E-state index in [1.807, 2.05) is 0 Å². The molecule has 14 heteroatoms. The summed E-state index contributed by atoms with van der Waals surface area (Å²) in [7, 11) is 3.08. The van der Waals surface area contributed by atoms with Gasteiger partial charge in [-0.3, -0.25) is 0 Å². The van der Waals surface area contributed by atoms with Crippen LogP contribution in [0.5, 0.6) is 23.0 Å². The molecule has 0 bridgehead atoms. The number of guanidine groups is 2. The smallest absolute Gasteiger partial charge is 0.211 e. The molecule has 0 heterocycles. The first kappa shape index (κ1) is 30.1. The highest BCUT2D eigenvalue weighted by atomic mass is 35.5. The molecule has 0 amide bonds. The van der Waals surface area contributed by atoms with Crippen molar-refractivity contribution in [1.82, 2.24) is 0 Å². The molecule has 186 valence electrons. The lowest BCUT2D eigenvalue weighted by molar-refractivity contribution is 0.206. The Hall–Kier alpha value is -3.90. The van der Waals surface area contributed by atoms with Gasteiger partial charge in [0.15, 0.2) is 23.0 Å². The van der Waals surface area contributed by atoms with E-state index in [2.05, 4.69) is 20.4 Å². The monoisotopic (exact) mass is 514 g/mol. The van der Waals surface area contributed by atoms with Crippen LogP contribution in [0.4, 0.5) is 0 Å². The first-order chi connectivity index (χ1) is 15.4. The number of ether oxygens (including phenoxy) is 4. The zero-order valence-electron chi connectivity index (χ0n) is 18.6. The third-order valence-electron chi connectivity index (χ3n) is 3.73. The summed E-state index contributed by atoms with van der Waals surface area (Å²) in [5.74, 6) is 1.90. The molecule has 0 saturated heterocycles. The predicted octanol–water partition coefficient (Wildman–Crippen LogP) is 1.22. The molecule has 0 spiro atoms. The van der Waals surface area contributed by atoms with Crippen LogP contribution in [0.15, 0.2) is 56.8 Å². The van der Waals surface area contributed by atoms with Crippen molar-refractivity contribution in [2.24, 2.45) is 43.3 Å². The number of methoxy groups -OCH3 is 2. The number of benzene rings is 2. The van der Waals surface area contributed by atoms with Gasteiger partial charge in [-0.05, 0) is 47.5 Å².